The number of hydrogen-bond donors (Lipinski definition) is 2. The van der Waals surface area contributed by atoms with E-state index in [1.807, 2.05) is 13.8 Å². The molecule has 148 valence electrons. The average Bonchev–Trinajstić information content (AvgIpc) is 2.94. The maximum atomic E-state index is 13.8. The van der Waals surface area contributed by atoms with E-state index in [9.17, 15) is 19.1 Å². The van der Waals surface area contributed by atoms with Crippen LogP contribution in [0.2, 0.25) is 0 Å². The monoisotopic (exact) mass is 386 g/mol. The molecule has 1 aliphatic rings. The number of halogens is 1. The van der Waals surface area contributed by atoms with Crippen LogP contribution in [0.1, 0.15) is 45.4 Å². The number of rotatable bonds is 4. The van der Waals surface area contributed by atoms with Crippen LogP contribution in [0.5, 0.6) is 0 Å². The van der Waals surface area contributed by atoms with Crippen molar-refractivity contribution in [3.8, 4) is 0 Å². The smallest absolute Gasteiger partial charge is 0.291 e. The minimum Gasteiger partial charge on any atom is -0.390 e. The van der Waals surface area contributed by atoms with Crippen LogP contribution < -0.4 is 10.9 Å². The fourth-order valence-corrected chi connectivity index (χ4v) is 3.92. The normalized spacial score (nSPS) is 22.0. The molecule has 8 heteroatoms. The van der Waals surface area contributed by atoms with Crippen molar-refractivity contribution in [2.24, 2.45) is 0 Å². The van der Waals surface area contributed by atoms with Crippen molar-refractivity contribution in [3.05, 3.63) is 46.3 Å². The Morgan fingerprint density at radius 1 is 1.36 bits per heavy atom. The summed E-state index contributed by atoms with van der Waals surface area (Å²) in [5.41, 5.74) is -0.204. The summed E-state index contributed by atoms with van der Waals surface area (Å²) in [5, 5.41) is 17.8. The number of amides is 1. The van der Waals surface area contributed by atoms with E-state index in [-0.39, 0.29) is 30.2 Å². The predicted molar refractivity (Wildman–Crippen MR) is 103 cm³/mol. The Hall–Kier alpha value is -2.74. The highest BCUT2D eigenvalue weighted by Gasteiger charge is 2.39. The van der Waals surface area contributed by atoms with Gasteiger partial charge in [0.1, 0.15) is 23.7 Å². The van der Waals surface area contributed by atoms with Crippen molar-refractivity contribution in [3.63, 3.8) is 0 Å². The molecule has 1 fully saturated rings. The summed E-state index contributed by atoms with van der Waals surface area (Å²) in [6.45, 7) is 5.38. The summed E-state index contributed by atoms with van der Waals surface area (Å²) in [6, 6.07) is 5.96. The molecule has 4 rings (SSSR count). The Morgan fingerprint density at radius 2 is 2.07 bits per heavy atom. The molecule has 0 unspecified atom stereocenters. The van der Waals surface area contributed by atoms with Gasteiger partial charge in [0, 0.05) is 17.3 Å². The Balaban J connectivity index is 1.73. The van der Waals surface area contributed by atoms with Crippen molar-refractivity contribution in [1.29, 1.82) is 0 Å². The van der Waals surface area contributed by atoms with E-state index >= 15 is 0 Å². The summed E-state index contributed by atoms with van der Waals surface area (Å²) in [6.07, 6.45) is 0.986. The lowest BCUT2D eigenvalue weighted by Crippen LogP contribution is -2.54. The van der Waals surface area contributed by atoms with Crippen molar-refractivity contribution in [2.75, 3.05) is 0 Å². The second kappa shape index (κ2) is 6.41. The molecule has 1 saturated carbocycles. The third-order valence-electron chi connectivity index (χ3n) is 5.22. The molecular formula is C20H23FN4O3. The van der Waals surface area contributed by atoms with E-state index < -0.39 is 11.2 Å². The van der Waals surface area contributed by atoms with Crippen LogP contribution in [0.15, 0.2) is 29.1 Å². The molecule has 0 spiro atoms. The van der Waals surface area contributed by atoms with Crippen LogP contribution in [0.4, 0.5) is 4.39 Å². The van der Waals surface area contributed by atoms with Crippen LogP contribution in [0.3, 0.4) is 0 Å². The van der Waals surface area contributed by atoms with Gasteiger partial charge in [-0.15, -0.1) is 0 Å². The van der Waals surface area contributed by atoms with Gasteiger partial charge in [0.05, 0.1) is 11.1 Å². The van der Waals surface area contributed by atoms with Crippen LogP contribution >= 0.6 is 0 Å². The van der Waals surface area contributed by atoms with Gasteiger partial charge in [-0.3, -0.25) is 14.0 Å². The van der Waals surface area contributed by atoms with Gasteiger partial charge < -0.3 is 10.4 Å². The molecule has 7 nitrogen and oxygen atoms in total. The first-order valence-corrected chi connectivity index (χ1v) is 9.38. The van der Waals surface area contributed by atoms with E-state index in [1.165, 1.54) is 12.1 Å². The lowest BCUT2D eigenvalue weighted by atomic mass is 9.77. The van der Waals surface area contributed by atoms with Gasteiger partial charge in [0.25, 0.3) is 5.56 Å². The topological polar surface area (TPSA) is 88.6 Å². The summed E-state index contributed by atoms with van der Waals surface area (Å²) < 4.78 is 16.6. The van der Waals surface area contributed by atoms with Crippen molar-refractivity contribution < 1.29 is 14.3 Å². The minimum absolute atomic E-state index is 0.0435. The van der Waals surface area contributed by atoms with Crippen molar-refractivity contribution in [2.45, 2.75) is 57.7 Å². The number of carbonyl (C=O) groups excluding carboxylic acids is 1. The number of nitrogens with zero attached hydrogens (tertiary/aromatic N) is 3. The zero-order chi connectivity index (χ0) is 20.2. The Kier molecular flexibility index (Phi) is 4.26. The highest BCUT2D eigenvalue weighted by atomic mass is 19.1. The number of nitrogens with one attached hydrogen (secondary N) is 1. The zero-order valence-corrected chi connectivity index (χ0v) is 16.1. The first-order chi connectivity index (χ1) is 13.1. The number of aromatic nitrogens is 3. The molecule has 3 aromatic rings. The summed E-state index contributed by atoms with van der Waals surface area (Å²) >= 11 is 0. The molecule has 0 saturated heterocycles. The zero-order valence-electron chi connectivity index (χ0n) is 16.1. The van der Waals surface area contributed by atoms with E-state index in [2.05, 4.69) is 10.4 Å². The van der Waals surface area contributed by atoms with Crippen LogP contribution in [0, 0.1) is 5.82 Å². The van der Waals surface area contributed by atoms with Gasteiger partial charge >= 0.3 is 0 Å². The second-order valence-electron chi connectivity index (χ2n) is 8.21. The third-order valence-corrected chi connectivity index (χ3v) is 5.22. The van der Waals surface area contributed by atoms with Gasteiger partial charge in [-0.1, -0.05) is 13.8 Å². The van der Waals surface area contributed by atoms with E-state index in [0.717, 1.165) is 10.1 Å². The molecule has 0 atom stereocenters. The predicted octanol–water partition coefficient (Wildman–Crippen LogP) is 1.94. The van der Waals surface area contributed by atoms with Crippen molar-refractivity contribution in [1.82, 2.24) is 19.5 Å². The number of fused-ring (bicyclic) bond motifs is 3. The third kappa shape index (κ3) is 3.17. The molecule has 28 heavy (non-hydrogen) atoms. The average molecular weight is 386 g/mol. The first-order valence-electron chi connectivity index (χ1n) is 9.38. The van der Waals surface area contributed by atoms with Crippen LogP contribution in [-0.4, -0.2) is 36.8 Å². The van der Waals surface area contributed by atoms with E-state index in [0.29, 0.717) is 29.7 Å². The number of carbonyl (C=O) groups is 1. The van der Waals surface area contributed by atoms with Gasteiger partial charge in [0.15, 0.2) is 0 Å². The molecule has 1 aliphatic carbocycles. The molecule has 2 aromatic heterocycles. The summed E-state index contributed by atoms with van der Waals surface area (Å²) in [4.78, 5) is 25.3. The highest BCUT2D eigenvalue weighted by Crippen LogP contribution is 2.31. The van der Waals surface area contributed by atoms with Gasteiger partial charge in [-0.25, -0.2) is 9.07 Å². The Morgan fingerprint density at radius 3 is 2.71 bits per heavy atom. The number of aliphatic hydroxyl groups is 1. The standard InChI is InChI=1S/C20H23FN4O3/c1-11(2)18-23-24(10-17(26)22-14-8-20(3,28)9-14)19(27)16-6-12-4-5-13(21)7-15(12)25(16)18/h4-7,11,14,28H,8-10H2,1-3H3,(H,22,26)/t14-,20+. The van der Waals surface area contributed by atoms with Gasteiger partial charge in [-0.2, -0.15) is 5.10 Å². The Labute approximate surface area is 160 Å². The molecule has 0 aliphatic heterocycles. The molecule has 2 heterocycles. The minimum atomic E-state index is -0.738. The summed E-state index contributed by atoms with van der Waals surface area (Å²) in [5.74, 6) is -0.175. The lowest BCUT2D eigenvalue weighted by molar-refractivity contribution is -0.125. The Bertz CT molecular complexity index is 1140. The molecule has 2 N–H and O–H groups in total. The SMILES string of the molecule is CC(C)c1nn(CC(=O)N[C@H]2C[C@@](C)(O)C2)c(=O)c2cc3ccc(F)cc3n12. The van der Waals surface area contributed by atoms with E-state index in [4.69, 9.17) is 0 Å². The fourth-order valence-electron chi connectivity index (χ4n) is 3.92. The number of benzene rings is 1. The molecule has 1 amide bonds. The fraction of sp³-hybridized carbons (Fsp3) is 0.450. The molecule has 0 bridgehead atoms. The number of hydrogen-bond acceptors (Lipinski definition) is 4. The van der Waals surface area contributed by atoms with Crippen molar-refractivity contribution >= 4 is 22.3 Å². The van der Waals surface area contributed by atoms with Gasteiger partial charge in [-0.05, 0) is 44.0 Å². The van der Waals surface area contributed by atoms with Crippen LogP contribution in [-0.2, 0) is 11.3 Å². The quantitative estimate of drug-likeness (QED) is 0.717. The lowest BCUT2D eigenvalue weighted by Gasteiger charge is -2.41. The summed E-state index contributed by atoms with van der Waals surface area (Å²) in [7, 11) is 0. The molecular weight excluding hydrogens is 363 g/mol. The molecule has 0 radical (unpaired) electrons. The largest absolute Gasteiger partial charge is 0.390 e. The van der Waals surface area contributed by atoms with Crippen LogP contribution in [0.25, 0.3) is 16.4 Å². The maximum Gasteiger partial charge on any atom is 0.291 e. The van der Waals surface area contributed by atoms with Gasteiger partial charge in [0.2, 0.25) is 5.91 Å². The maximum absolute atomic E-state index is 13.8. The second-order valence-corrected chi connectivity index (χ2v) is 8.21. The highest BCUT2D eigenvalue weighted by molar-refractivity contribution is 5.87. The van der Waals surface area contributed by atoms with E-state index in [1.54, 1.807) is 23.5 Å². The first kappa shape index (κ1) is 18.6. The molecule has 1 aromatic carbocycles.